The van der Waals surface area contributed by atoms with Gasteiger partial charge in [0.15, 0.2) is 0 Å². The number of aliphatic hydroxyl groups excluding tert-OH is 1. The lowest BCUT2D eigenvalue weighted by molar-refractivity contribution is -0.000574. The summed E-state index contributed by atoms with van der Waals surface area (Å²) < 4.78 is 26.9. The molecular weight excluding hydrogens is 470 g/mol. The number of nitrogens with one attached hydrogen (secondary N) is 2. The topological polar surface area (TPSA) is 94.1 Å². The lowest BCUT2D eigenvalue weighted by atomic mass is 10.0. The number of carbonyl (C=O) groups is 2. The van der Waals surface area contributed by atoms with Gasteiger partial charge in [-0.2, -0.15) is 0 Å². The van der Waals surface area contributed by atoms with Crippen molar-refractivity contribution in [3.63, 3.8) is 0 Å². The van der Waals surface area contributed by atoms with Crippen LogP contribution in [0.4, 0.5) is 18.4 Å². The molecule has 2 aromatic carbocycles. The fraction of sp³-hybridized carbons (Fsp3) is 0.304. The number of aliphatic hydroxyl groups is 1. The molecular formula is C23H23ClF2N4O4. The molecule has 0 unspecified atom stereocenters. The van der Waals surface area contributed by atoms with Crippen molar-refractivity contribution in [1.29, 1.82) is 0 Å². The van der Waals surface area contributed by atoms with E-state index in [9.17, 15) is 23.5 Å². The van der Waals surface area contributed by atoms with E-state index in [1.165, 1.54) is 40.3 Å². The highest BCUT2D eigenvalue weighted by molar-refractivity contribution is 6.31. The Hall–Kier alpha value is -3.21. The van der Waals surface area contributed by atoms with Crippen LogP contribution in [0.15, 0.2) is 42.6 Å². The molecule has 0 radical (unpaired) electrons. The van der Waals surface area contributed by atoms with E-state index in [1.54, 1.807) is 18.2 Å². The molecule has 2 aliphatic heterocycles. The number of benzene rings is 2. The van der Waals surface area contributed by atoms with Gasteiger partial charge in [0.05, 0.1) is 30.3 Å². The molecule has 2 atom stereocenters. The average molecular weight is 493 g/mol. The molecule has 4 rings (SSSR count). The molecule has 2 aromatic rings. The lowest BCUT2D eigenvalue weighted by Crippen LogP contribution is -2.48. The van der Waals surface area contributed by atoms with Crippen molar-refractivity contribution in [2.45, 2.75) is 31.7 Å². The SMILES string of the molecule is O=C(NOC[C@@H]1[C@H](O)CCN1C(=O)NCc1cccc(F)c1Cl)N1C=Cc2cc(F)ccc2C1. The van der Waals surface area contributed by atoms with Gasteiger partial charge in [0.1, 0.15) is 11.6 Å². The van der Waals surface area contributed by atoms with Crippen LogP contribution in [0.25, 0.3) is 6.08 Å². The maximum Gasteiger partial charge on any atom is 0.345 e. The van der Waals surface area contributed by atoms with E-state index in [4.69, 9.17) is 16.4 Å². The zero-order valence-electron chi connectivity index (χ0n) is 18.0. The van der Waals surface area contributed by atoms with E-state index in [2.05, 4.69) is 10.8 Å². The molecule has 3 N–H and O–H groups in total. The number of hydrogen-bond donors (Lipinski definition) is 3. The molecule has 0 spiro atoms. The number of nitrogens with zero attached hydrogens (tertiary/aromatic N) is 2. The van der Waals surface area contributed by atoms with Gasteiger partial charge < -0.3 is 15.3 Å². The summed E-state index contributed by atoms with van der Waals surface area (Å²) in [4.78, 5) is 33.1. The predicted octanol–water partition coefficient (Wildman–Crippen LogP) is 3.39. The zero-order valence-corrected chi connectivity index (χ0v) is 18.8. The number of urea groups is 2. The smallest absolute Gasteiger partial charge is 0.345 e. The fourth-order valence-corrected chi connectivity index (χ4v) is 4.10. The van der Waals surface area contributed by atoms with Crippen LogP contribution in [0.2, 0.25) is 5.02 Å². The third kappa shape index (κ3) is 5.30. The van der Waals surface area contributed by atoms with E-state index in [0.29, 0.717) is 17.5 Å². The van der Waals surface area contributed by atoms with E-state index in [1.807, 2.05) is 0 Å². The molecule has 4 amide bonds. The van der Waals surface area contributed by atoms with Gasteiger partial charge in [-0.1, -0.05) is 29.8 Å². The molecule has 1 saturated heterocycles. The molecule has 2 heterocycles. The molecule has 1 fully saturated rings. The minimum Gasteiger partial charge on any atom is -0.391 e. The first-order valence-corrected chi connectivity index (χ1v) is 11.0. The molecule has 34 heavy (non-hydrogen) atoms. The molecule has 0 bridgehead atoms. The average Bonchev–Trinajstić information content (AvgIpc) is 3.19. The Morgan fingerprint density at radius 2 is 2.03 bits per heavy atom. The zero-order chi connectivity index (χ0) is 24.2. The normalized spacial score (nSPS) is 19.2. The summed E-state index contributed by atoms with van der Waals surface area (Å²) in [5, 5.41) is 12.9. The molecule has 2 aliphatic rings. The van der Waals surface area contributed by atoms with Crippen LogP contribution in [0, 0.1) is 11.6 Å². The van der Waals surface area contributed by atoms with Crippen LogP contribution in [-0.4, -0.2) is 52.3 Å². The highest BCUT2D eigenvalue weighted by atomic mass is 35.5. The van der Waals surface area contributed by atoms with Crippen molar-refractivity contribution in [2.24, 2.45) is 0 Å². The highest BCUT2D eigenvalue weighted by Gasteiger charge is 2.36. The Morgan fingerprint density at radius 1 is 1.21 bits per heavy atom. The lowest BCUT2D eigenvalue weighted by Gasteiger charge is -2.27. The number of hydrogen-bond acceptors (Lipinski definition) is 4. The first-order valence-electron chi connectivity index (χ1n) is 10.6. The Balaban J connectivity index is 1.28. The van der Waals surface area contributed by atoms with Gasteiger partial charge in [-0.25, -0.2) is 23.9 Å². The van der Waals surface area contributed by atoms with Gasteiger partial charge in [0.25, 0.3) is 0 Å². The summed E-state index contributed by atoms with van der Waals surface area (Å²) in [5.41, 5.74) is 4.21. The Morgan fingerprint density at radius 3 is 2.85 bits per heavy atom. The number of fused-ring (bicyclic) bond motifs is 1. The molecule has 0 aliphatic carbocycles. The number of hydroxylamine groups is 1. The van der Waals surface area contributed by atoms with Crippen LogP contribution in [0.5, 0.6) is 0 Å². The van der Waals surface area contributed by atoms with Gasteiger partial charge in [-0.15, -0.1) is 0 Å². The van der Waals surface area contributed by atoms with Crippen LogP contribution >= 0.6 is 11.6 Å². The van der Waals surface area contributed by atoms with Gasteiger partial charge in [0.2, 0.25) is 0 Å². The minimum absolute atomic E-state index is 0.0129. The first kappa shape index (κ1) is 23.9. The summed E-state index contributed by atoms with van der Waals surface area (Å²) in [7, 11) is 0. The number of halogens is 3. The largest absolute Gasteiger partial charge is 0.391 e. The molecule has 0 saturated carbocycles. The quantitative estimate of drug-likeness (QED) is 0.558. The van der Waals surface area contributed by atoms with Gasteiger partial charge >= 0.3 is 12.1 Å². The van der Waals surface area contributed by atoms with E-state index in [0.717, 1.165) is 5.56 Å². The van der Waals surface area contributed by atoms with Crippen LogP contribution in [-0.2, 0) is 17.9 Å². The maximum atomic E-state index is 13.6. The van der Waals surface area contributed by atoms with Crippen molar-refractivity contribution in [2.75, 3.05) is 13.2 Å². The van der Waals surface area contributed by atoms with Crippen molar-refractivity contribution >= 4 is 29.7 Å². The van der Waals surface area contributed by atoms with Crippen LogP contribution in [0.3, 0.4) is 0 Å². The van der Waals surface area contributed by atoms with Crippen molar-refractivity contribution in [1.82, 2.24) is 20.6 Å². The molecule has 11 heteroatoms. The maximum absolute atomic E-state index is 13.6. The van der Waals surface area contributed by atoms with Gasteiger partial charge in [0, 0.05) is 19.3 Å². The monoisotopic (exact) mass is 492 g/mol. The number of amides is 4. The minimum atomic E-state index is -0.836. The summed E-state index contributed by atoms with van der Waals surface area (Å²) in [6, 6.07) is 6.94. The highest BCUT2D eigenvalue weighted by Crippen LogP contribution is 2.22. The standard InChI is InChI=1S/C23H23ClF2N4O4/c24-21-15(2-1-3-18(21)26)11-27-22(32)30-9-7-20(31)19(30)13-34-28-23(33)29-8-6-14-10-17(25)5-4-16(14)12-29/h1-6,8,10,19-20,31H,7,9,11-13H2,(H,27,32)(H,28,33)/t19-,20-/m1/s1. The number of carbonyl (C=O) groups excluding carboxylic acids is 2. The summed E-state index contributed by atoms with van der Waals surface area (Å²) in [5.74, 6) is -0.932. The van der Waals surface area contributed by atoms with Crippen LogP contribution < -0.4 is 10.8 Å². The first-order chi connectivity index (χ1) is 16.3. The van der Waals surface area contributed by atoms with E-state index < -0.39 is 30.0 Å². The Labute approximate surface area is 199 Å². The second kappa shape index (κ2) is 10.4. The molecule has 180 valence electrons. The summed E-state index contributed by atoms with van der Waals surface area (Å²) in [6.07, 6.45) is 2.65. The fourth-order valence-electron chi connectivity index (χ4n) is 3.91. The number of rotatable bonds is 5. The van der Waals surface area contributed by atoms with E-state index in [-0.39, 0.29) is 37.1 Å². The second-order valence-electron chi connectivity index (χ2n) is 7.99. The Bertz CT molecular complexity index is 1120. The van der Waals surface area contributed by atoms with Crippen molar-refractivity contribution in [3.05, 3.63) is 75.9 Å². The Kier molecular flexibility index (Phi) is 7.30. The molecule has 8 nitrogen and oxygen atoms in total. The van der Waals surface area contributed by atoms with Crippen LogP contribution in [0.1, 0.15) is 23.1 Å². The summed E-state index contributed by atoms with van der Waals surface area (Å²) in [6.45, 7) is 0.401. The van der Waals surface area contributed by atoms with Crippen molar-refractivity contribution in [3.8, 4) is 0 Å². The third-order valence-corrected chi connectivity index (χ3v) is 6.21. The van der Waals surface area contributed by atoms with Gasteiger partial charge in [-0.05, 0) is 47.4 Å². The molecule has 0 aromatic heterocycles. The van der Waals surface area contributed by atoms with Crippen molar-refractivity contribution < 1.29 is 28.3 Å². The predicted molar refractivity (Wildman–Crippen MR) is 120 cm³/mol. The second-order valence-corrected chi connectivity index (χ2v) is 8.37. The summed E-state index contributed by atoms with van der Waals surface area (Å²) >= 11 is 5.92. The van der Waals surface area contributed by atoms with Gasteiger partial charge in [-0.3, -0.25) is 9.74 Å². The van der Waals surface area contributed by atoms with E-state index >= 15 is 0 Å². The third-order valence-electron chi connectivity index (χ3n) is 5.79. The number of likely N-dealkylation sites (tertiary alicyclic amines) is 1.